The van der Waals surface area contributed by atoms with E-state index in [1.807, 2.05) is 0 Å². The topological polar surface area (TPSA) is 90.6 Å². The Morgan fingerprint density at radius 3 is 1.79 bits per heavy atom. The van der Waals surface area contributed by atoms with Crippen LogP contribution in [-0.2, 0) is 5.41 Å². The van der Waals surface area contributed by atoms with Crippen molar-refractivity contribution in [2.24, 2.45) is 0 Å². The molecule has 2 aromatic rings. The molecule has 3 heterocycles. The number of carbonyl (C=O) groups is 1. The van der Waals surface area contributed by atoms with Gasteiger partial charge in [-0.3, -0.25) is 0 Å². The Morgan fingerprint density at radius 1 is 0.750 bits per heavy atom. The Balaban J connectivity index is 1.75. The van der Waals surface area contributed by atoms with Gasteiger partial charge in [-0.2, -0.15) is 0 Å². The zero-order chi connectivity index (χ0) is 35.0. The van der Waals surface area contributed by atoms with E-state index in [1.54, 1.807) is 40.1 Å². The summed E-state index contributed by atoms with van der Waals surface area (Å²) in [6.45, 7) is 0. The molecule has 0 bridgehead atoms. The van der Waals surface area contributed by atoms with E-state index < -0.39 is 82.5 Å². The van der Waals surface area contributed by atoms with Gasteiger partial charge in [0.1, 0.15) is 0 Å². The van der Waals surface area contributed by atoms with Gasteiger partial charge in [-0.25, -0.2) is 0 Å². The molecule has 5 nitrogen and oxygen atoms in total. The molecule has 0 amide bonds. The molecule has 3 aliphatic heterocycles. The van der Waals surface area contributed by atoms with E-state index in [9.17, 15) is 59.3 Å². The van der Waals surface area contributed by atoms with Gasteiger partial charge < -0.3 is 0 Å². The fourth-order valence-electron chi connectivity index (χ4n) is 5.55. The standard InChI is InChI=1S/C28H17As2F9O5S4/c31-26(32,33)25(27(34,35)36,28(37,38)39)12-1-2-13(16(11-12)24(42)43)19-14-3-5-17(40)20(29-45-7-8-46-29)22(14)44-23-15(19)4-6-18(41)21(23)30-47-9-10-48-30/h1-6,11,40H,7-10H2,(H,42,43)/p-1. The summed E-state index contributed by atoms with van der Waals surface area (Å²) in [4.78, 5) is 25.9. The Bertz CT molecular complexity index is 1920. The molecule has 20 heteroatoms. The van der Waals surface area contributed by atoms with Crippen LogP contribution < -0.4 is 19.2 Å². The van der Waals surface area contributed by atoms with E-state index in [1.165, 1.54) is 24.3 Å². The molecule has 6 rings (SSSR count). The van der Waals surface area contributed by atoms with E-state index in [0.717, 1.165) is 23.0 Å². The van der Waals surface area contributed by atoms with Crippen molar-refractivity contribution in [2.75, 3.05) is 23.0 Å². The molecule has 2 fully saturated rings. The Hall–Kier alpha value is -1.71. The number of carboxylic acid groups (broad SMARTS) is 1. The molecule has 4 aliphatic rings. The second-order valence-corrected chi connectivity index (χ2v) is 33.4. The van der Waals surface area contributed by atoms with E-state index in [0.29, 0.717) is 14.8 Å². The van der Waals surface area contributed by atoms with Crippen molar-refractivity contribution in [2.45, 2.75) is 23.9 Å². The molecule has 2 aromatic carbocycles. The zero-order valence-electron chi connectivity index (χ0n) is 23.4. The summed E-state index contributed by atoms with van der Waals surface area (Å²) in [5, 5.41) is 23.5. The van der Waals surface area contributed by atoms with Crippen LogP contribution in [0.5, 0.6) is 5.75 Å². The summed E-state index contributed by atoms with van der Waals surface area (Å²) in [5.41, 5.74) is -11.0. The first-order valence-corrected chi connectivity index (χ1v) is 28.2. The number of rotatable bonds is 5. The van der Waals surface area contributed by atoms with E-state index in [2.05, 4.69) is 0 Å². The van der Waals surface area contributed by atoms with E-state index >= 15 is 0 Å². The van der Waals surface area contributed by atoms with E-state index in [4.69, 9.17) is 4.42 Å². The van der Waals surface area contributed by atoms with Crippen LogP contribution in [0.3, 0.4) is 0 Å². The van der Waals surface area contributed by atoms with Crippen LogP contribution in [0.1, 0.15) is 15.9 Å². The van der Waals surface area contributed by atoms with Gasteiger partial charge in [0, 0.05) is 0 Å². The first kappa shape index (κ1) is 36.1. The van der Waals surface area contributed by atoms with Crippen LogP contribution in [0.25, 0.3) is 33.4 Å². The fraction of sp³-hybridized carbons (Fsp3) is 0.286. The zero-order valence-corrected chi connectivity index (χ0v) is 30.4. The van der Waals surface area contributed by atoms with Gasteiger partial charge in [-0.15, -0.1) is 0 Å². The fourth-order valence-corrected chi connectivity index (χ4v) is 35.1. The number of hydrogen-bond acceptors (Lipinski definition) is 8. The van der Waals surface area contributed by atoms with Crippen molar-refractivity contribution in [3.63, 3.8) is 0 Å². The second kappa shape index (κ2) is 12.8. The minimum absolute atomic E-state index is 0.00224. The maximum absolute atomic E-state index is 14.0. The van der Waals surface area contributed by atoms with Gasteiger partial charge in [0.25, 0.3) is 0 Å². The third kappa shape index (κ3) is 5.74. The van der Waals surface area contributed by atoms with Crippen LogP contribution in [0.15, 0.2) is 51.7 Å². The summed E-state index contributed by atoms with van der Waals surface area (Å²) in [5.74, 6) is 0.390. The molecule has 0 atom stereocenters. The van der Waals surface area contributed by atoms with Crippen molar-refractivity contribution in [3.05, 3.63) is 63.8 Å². The summed E-state index contributed by atoms with van der Waals surface area (Å²) in [6, 6.07) is 5.12. The molecule has 0 spiro atoms. The molecule has 48 heavy (non-hydrogen) atoms. The molecule has 0 radical (unpaired) electrons. The van der Waals surface area contributed by atoms with Crippen LogP contribution in [-0.4, -0.2) is 77.3 Å². The molecular formula is C28H16As2F9O5S4-. The number of benzene rings is 3. The molecule has 256 valence electrons. The third-order valence-corrected chi connectivity index (χ3v) is 34.7. The summed E-state index contributed by atoms with van der Waals surface area (Å²) in [6.07, 6.45) is -20.9. The van der Waals surface area contributed by atoms with Crippen molar-refractivity contribution < 1.29 is 58.9 Å². The number of carboxylic acids is 1. The van der Waals surface area contributed by atoms with Crippen molar-refractivity contribution >= 4 is 90.4 Å². The summed E-state index contributed by atoms with van der Waals surface area (Å²) >= 11 is -4.45. The van der Waals surface area contributed by atoms with Gasteiger partial charge in [0.05, 0.1) is 0 Å². The monoisotopic (exact) mass is 881 g/mol. The van der Waals surface area contributed by atoms with Crippen molar-refractivity contribution in [3.8, 4) is 28.2 Å². The summed E-state index contributed by atoms with van der Waals surface area (Å²) in [7, 11) is 6.23. The number of alkyl halides is 9. The van der Waals surface area contributed by atoms with Gasteiger partial charge >= 0.3 is 288 Å². The first-order chi connectivity index (χ1) is 22.4. The van der Waals surface area contributed by atoms with Gasteiger partial charge in [0.2, 0.25) is 0 Å². The SMILES string of the molecule is O=C(O)c1cc(C(C(F)(F)F)(C(F)(F)F)C(F)(F)F)ccc1-c1c2ccc(=O)c([As]3SCCS3)c-2oc2c([As]3SCCS3)c([O-])ccc12. The third-order valence-electron chi connectivity index (χ3n) is 7.53. The number of halogens is 9. The number of hydrogen-bond donors (Lipinski definition) is 1. The van der Waals surface area contributed by atoms with Crippen LogP contribution in [0.4, 0.5) is 39.5 Å². The Labute approximate surface area is 286 Å². The average Bonchev–Trinajstić information content (AvgIpc) is 3.69. The van der Waals surface area contributed by atoms with Crippen LogP contribution in [0.2, 0.25) is 0 Å². The van der Waals surface area contributed by atoms with Gasteiger partial charge in [-0.05, 0) is 0 Å². The van der Waals surface area contributed by atoms with Crippen molar-refractivity contribution in [1.29, 1.82) is 0 Å². The average molecular weight is 882 g/mol. The summed E-state index contributed by atoms with van der Waals surface area (Å²) < 4.78 is 133. The second-order valence-electron chi connectivity index (χ2n) is 10.2. The predicted octanol–water partition coefficient (Wildman–Crippen LogP) is 6.61. The molecule has 0 saturated carbocycles. The van der Waals surface area contributed by atoms with Crippen LogP contribution >= 0.6 is 40.1 Å². The molecule has 2 saturated heterocycles. The van der Waals surface area contributed by atoms with E-state index in [-0.39, 0.29) is 40.0 Å². The maximum atomic E-state index is 14.0. The predicted molar refractivity (Wildman–Crippen MR) is 171 cm³/mol. The van der Waals surface area contributed by atoms with Gasteiger partial charge in [0.15, 0.2) is 0 Å². The number of aromatic carboxylic acids is 1. The minimum atomic E-state index is -6.96. The van der Waals surface area contributed by atoms with Gasteiger partial charge in [-0.1, -0.05) is 0 Å². The first-order valence-electron chi connectivity index (χ1n) is 13.3. The molecule has 0 unspecified atom stereocenters. The molecule has 1 aliphatic carbocycles. The molecule has 1 N–H and O–H groups in total. The number of fused-ring (bicyclic) bond motifs is 2. The van der Waals surface area contributed by atoms with Crippen LogP contribution in [0, 0.1) is 0 Å². The normalized spacial score (nSPS) is 17.2. The molecular weight excluding hydrogens is 865 g/mol. The quantitative estimate of drug-likeness (QED) is 0.135. The Morgan fingerprint density at radius 2 is 1.27 bits per heavy atom. The Kier molecular flexibility index (Phi) is 9.63. The molecule has 0 aromatic heterocycles. The van der Waals surface area contributed by atoms with Crippen molar-refractivity contribution in [1.82, 2.24) is 0 Å².